The standard InChI is InChI=1S/C20H25FN4O2/c1-13-9-25(10-14(2)27-13)20-22-18-12-24(8-7-16(18)19(26)23-20)11-15-5-3-4-6-17(15)21/h3-6,13-14H,7-12H2,1-2H3,(H,22,23,26). The van der Waals surface area contributed by atoms with Gasteiger partial charge in [0.15, 0.2) is 0 Å². The molecule has 0 bridgehead atoms. The van der Waals surface area contributed by atoms with Crippen molar-refractivity contribution in [3.63, 3.8) is 0 Å². The van der Waals surface area contributed by atoms with Crippen LogP contribution in [0.4, 0.5) is 10.3 Å². The van der Waals surface area contributed by atoms with E-state index >= 15 is 0 Å². The van der Waals surface area contributed by atoms with Crippen molar-refractivity contribution < 1.29 is 9.13 Å². The second-order valence-electron chi connectivity index (χ2n) is 7.53. The van der Waals surface area contributed by atoms with Crippen molar-refractivity contribution in [2.75, 3.05) is 24.5 Å². The SMILES string of the molecule is CC1CN(c2nc3c(c(=O)[nH]2)CCN(Cc2ccccc2F)C3)CC(C)O1. The number of nitrogens with one attached hydrogen (secondary N) is 1. The number of aromatic nitrogens is 2. The lowest BCUT2D eigenvalue weighted by molar-refractivity contribution is -0.00576. The van der Waals surface area contributed by atoms with Gasteiger partial charge in [-0.15, -0.1) is 0 Å². The van der Waals surface area contributed by atoms with Gasteiger partial charge in [0.05, 0.1) is 17.9 Å². The van der Waals surface area contributed by atoms with Gasteiger partial charge in [-0.3, -0.25) is 14.7 Å². The van der Waals surface area contributed by atoms with Crippen molar-refractivity contribution in [2.45, 2.75) is 45.6 Å². The number of morpholine rings is 1. The number of hydrogen-bond donors (Lipinski definition) is 1. The van der Waals surface area contributed by atoms with Crippen LogP contribution in [0.2, 0.25) is 0 Å². The molecule has 7 heteroatoms. The Bertz CT molecular complexity index is 875. The zero-order chi connectivity index (χ0) is 19.0. The summed E-state index contributed by atoms with van der Waals surface area (Å²) in [4.78, 5) is 24.5. The van der Waals surface area contributed by atoms with Gasteiger partial charge in [0.1, 0.15) is 5.82 Å². The van der Waals surface area contributed by atoms with Crippen molar-refractivity contribution in [1.82, 2.24) is 14.9 Å². The number of nitrogens with zero attached hydrogens (tertiary/aromatic N) is 3. The number of aromatic amines is 1. The third kappa shape index (κ3) is 3.89. The summed E-state index contributed by atoms with van der Waals surface area (Å²) in [5.74, 6) is 0.410. The van der Waals surface area contributed by atoms with Gasteiger partial charge in [-0.1, -0.05) is 18.2 Å². The molecule has 4 rings (SSSR count). The van der Waals surface area contributed by atoms with Gasteiger partial charge in [0.25, 0.3) is 5.56 Å². The van der Waals surface area contributed by atoms with Crippen LogP contribution in [-0.2, 0) is 24.2 Å². The minimum absolute atomic E-state index is 0.0626. The summed E-state index contributed by atoms with van der Waals surface area (Å²) < 4.78 is 19.7. The van der Waals surface area contributed by atoms with E-state index in [0.717, 1.165) is 17.8 Å². The minimum Gasteiger partial charge on any atom is -0.372 e. The fourth-order valence-corrected chi connectivity index (χ4v) is 3.98. The molecule has 2 aromatic rings. The fourth-order valence-electron chi connectivity index (χ4n) is 3.98. The predicted octanol–water partition coefficient (Wildman–Crippen LogP) is 2.08. The number of halogens is 1. The molecular formula is C20H25FN4O2. The second-order valence-corrected chi connectivity index (χ2v) is 7.53. The molecule has 2 aliphatic rings. The molecule has 1 N–H and O–H groups in total. The molecule has 2 aliphatic heterocycles. The Kier molecular flexibility index (Phi) is 4.97. The molecule has 1 saturated heterocycles. The number of anilines is 1. The zero-order valence-electron chi connectivity index (χ0n) is 15.7. The summed E-state index contributed by atoms with van der Waals surface area (Å²) in [5.41, 5.74) is 2.15. The zero-order valence-corrected chi connectivity index (χ0v) is 15.7. The average molecular weight is 372 g/mol. The number of H-pyrrole nitrogens is 1. The third-order valence-electron chi connectivity index (χ3n) is 5.21. The lowest BCUT2D eigenvalue weighted by Crippen LogP contribution is -2.47. The molecule has 2 atom stereocenters. The summed E-state index contributed by atoms with van der Waals surface area (Å²) in [6.07, 6.45) is 0.808. The summed E-state index contributed by atoms with van der Waals surface area (Å²) in [6, 6.07) is 6.83. The van der Waals surface area contributed by atoms with E-state index in [1.54, 1.807) is 12.1 Å². The lowest BCUT2D eigenvalue weighted by atomic mass is 10.1. The summed E-state index contributed by atoms with van der Waals surface area (Å²) in [7, 11) is 0. The molecule has 27 heavy (non-hydrogen) atoms. The summed E-state index contributed by atoms with van der Waals surface area (Å²) in [6.45, 7) is 7.23. The molecule has 1 fully saturated rings. The van der Waals surface area contributed by atoms with Gasteiger partial charge in [-0.25, -0.2) is 9.37 Å². The van der Waals surface area contributed by atoms with Gasteiger partial charge in [-0.05, 0) is 26.3 Å². The Morgan fingerprint density at radius 1 is 1.26 bits per heavy atom. The number of benzene rings is 1. The monoisotopic (exact) mass is 372 g/mol. The van der Waals surface area contributed by atoms with Crippen molar-refractivity contribution in [3.8, 4) is 0 Å². The molecule has 0 radical (unpaired) electrons. The van der Waals surface area contributed by atoms with E-state index < -0.39 is 0 Å². The first-order valence-corrected chi connectivity index (χ1v) is 9.48. The van der Waals surface area contributed by atoms with Gasteiger partial charge < -0.3 is 9.64 Å². The van der Waals surface area contributed by atoms with Crippen LogP contribution in [-0.4, -0.2) is 46.7 Å². The highest BCUT2D eigenvalue weighted by molar-refractivity contribution is 5.35. The Morgan fingerprint density at radius 3 is 2.74 bits per heavy atom. The Hall–Kier alpha value is -2.25. The Balaban J connectivity index is 1.56. The van der Waals surface area contributed by atoms with Crippen LogP contribution in [0.25, 0.3) is 0 Å². The van der Waals surface area contributed by atoms with Gasteiger partial charge >= 0.3 is 0 Å². The maximum atomic E-state index is 14.0. The Morgan fingerprint density at radius 2 is 2.00 bits per heavy atom. The van der Waals surface area contributed by atoms with Crippen LogP contribution < -0.4 is 10.5 Å². The van der Waals surface area contributed by atoms with Crippen LogP contribution in [0.3, 0.4) is 0 Å². The van der Waals surface area contributed by atoms with Crippen LogP contribution >= 0.6 is 0 Å². The summed E-state index contributed by atoms with van der Waals surface area (Å²) in [5, 5.41) is 0. The normalized spacial score (nSPS) is 23.3. The molecule has 0 amide bonds. The molecule has 0 aliphatic carbocycles. The highest BCUT2D eigenvalue weighted by atomic mass is 19.1. The number of hydrogen-bond acceptors (Lipinski definition) is 5. The molecule has 0 saturated carbocycles. The number of ether oxygens (including phenoxy) is 1. The van der Waals surface area contributed by atoms with E-state index in [4.69, 9.17) is 9.72 Å². The second kappa shape index (κ2) is 7.40. The van der Waals surface area contributed by atoms with Crippen LogP contribution in [0, 0.1) is 5.82 Å². The van der Waals surface area contributed by atoms with Crippen LogP contribution in [0.1, 0.15) is 30.7 Å². The topological polar surface area (TPSA) is 61.5 Å². The molecule has 144 valence electrons. The molecule has 6 nitrogen and oxygen atoms in total. The van der Waals surface area contributed by atoms with Crippen LogP contribution in [0.15, 0.2) is 29.1 Å². The van der Waals surface area contributed by atoms with E-state index in [2.05, 4.69) is 14.8 Å². The number of fused-ring (bicyclic) bond motifs is 1. The van der Waals surface area contributed by atoms with E-state index in [9.17, 15) is 9.18 Å². The highest BCUT2D eigenvalue weighted by Crippen LogP contribution is 2.21. The van der Waals surface area contributed by atoms with Crippen molar-refractivity contribution in [1.29, 1.82) is 0 Å². The van der Waals surface area contributed by atoms with Crippen LogP contribution in [0.5, 0.6) is 0 Å². The van der Waals surface area contributed by atoms with Crippen molar-refractivity contribution in [3.05, 3.63) is 57.3 Å². The fraction of sp³-hybridized carbons (Fsp3) is 0.500. The molecule has 2 unspecified atom stereocenters. The lowest BCUT2D eigenvalue weighted by Gasteiger charge is -2.36. The van der Waals surface area contributed by atoms with E-state index in [1.807, 2.05) is 19.9 Å². The largest absolute Gasteiger partial charge is 0.372 e. The quantitative estimate of drug-likeness (QED) is 0.894. The molecule has 1 aromatic carbocycles. The van der Waals surface area contributed by atoms with E-state index in [1.165, 1.54) is 6.07 Å². The van der Waals surface area contributed by atoms with Gasteiger partial charge in [0.2, 0.25) is 5.95 Å². The first-order chi connectivity index (χ1) is 13.0. The van der Waals surface area contributed by atoms with Gasteiger partial charge in [0, 0.05) is 43.9 Å². The molecular weight excluding hydrogens is 347 g/mol. The maximum absolute atomic E-state index is 14.0. The van der Waals surface area contributed by atoms with Gasteiger partial charge in [-0.2, -0.15) is 0 Å². The summed E-state index contributed by atoms with van der Waals surface area (Å²) >= 11 is 0. The molecule has 0 spiro atoms. The first-order valence-electron chi connectivity index (χ1n) is 9.48. The van der Waals surface area contributed by atoms with Crippen molar-refractivity contribution >= 4 is 5.95 Å². The Labute approximate surface area is 158 Å². The van der Waals surface area contributed by atoms with E-state index in [0.29, 0.717) is 44.1 Å². The minimum atomic E-state index is -0.195. The van der Waals surface area contributed by atoms with E-state index in [-0.39, 0.29) is 23.6 Å². The molecule has 1 aromatic heterocycles. The number of rotatable bonds is 3. The smallest absolute Gasteiger partial charge is 0.255 e. The third-order valence-corrected chi connectivity index (χ3v) is 5.21. The highest BCUT2D eigenvalue weighted by Gasteiger charge is 2.27. The predicted molar refractivity (Wildman–Crippen MR) is 101 cm³/mol. The average Bonchev–Trinajstić information content (AvgIpc) is 2.62. The maximum Gasteiger partial charge on any atom is 0.255 e. The van der Waals surface area contributed by atoms with Crippen molar-refractivity contribution in [2.24, 2.45) is 0 Å². The first kappa shape index (κ1) is 18.1. The molecule has 3 heterocycles.